The summed E-state index contributed by atoms with van der Waals surface area (Å²) in [6, 6.07) is 5.45. The number of rotatable bonds is 5. The van der Waals surface area contributed by atoms with Crippen LogP contribution in [-0.4, -0.2) is 17.1 Å². The SMILES string of the molecule is CCC(CC)Oc1ccc(Br)cc1/C(N)=N/O. The number of nitrogens with two attached hydrogens (primary N) is 1. The van der Waals surface area contributed by atoms with Gasteiger partial charge in [-0.1, -0.05) is 34.9 Å². The molecule has 0 heterocycles. The summed E-state index contributed by atoms with van der Waals surface area (Å²) in [6.45, 7) is 4.13. The third-order valence-corrected chi connectivity index (χ3v) is 3.02. The molecule has 3 N–H and O–H groups in total. The van der Waals surface area contributed by atoms with Gasteiger partial charge in [0.2, 0.25) is 0 Å². The Balaban J connectivity index is 3.06. The second-order valence-electron chi connectivity index (χ2n) is 3.68. The van der Waals surface area contributed by atoms with E-state index in [9.17, 15) is 0 Å². The van der Waals surface area contributed by atoms with Crippen molar-refractivity contribution in [2.75, 3.05) is 0 Å². The molecule has 0 saturated heterocycles. The molecule has 17 heavy (non-hydrogen) atoms. The summed E-state index contributed by atoms with van der Waals surface area (Å²) < 4.78 is 6.69. The van der Waals surface area contributed by atoms with Gasteiger partial charge in [0.05, 0.1) is 11.7 Å². The summed E-state index contributed by atoms with van der Waals surface area (Å²) in [7, 11) is 0. The zero-order chi connectivity index (χ0) is 12.8. The number of nitrogens with zero attached hydrogens (tertiary/aromatic N) is 1. The average Bonchev–Trinajstić information content (AvgIpc) is 2.36. The van der Waals surface area contributed by atoms with Crippen LogP contribution in [0.25, 0.3) is 0 Å². The van der Waals surface area contributed by atoms with Gasteiger partial charge in [-0.3, -0.25) is 0 Å². The maximum atomic E-state index is 8.74. The van der Waals surface area contributed by atoms with E-state index < -0.39 is 0 Å². The van der Waals surface area contributed by atoms with E-state index in [4.69, 9.17) is 15.7 Å². The van der Waals surface area contributed by atoms with Crippen molar-refractivity contribution in [1.82, 2.24) is 0 Å². The summed E-state index contributed by atoms with van der Waals surface area (Å²) in [5.74, 6) is 0.685. The zero-order valence-corrected chi connectivity index (χ0v) is 11.6. The third kappa shape index (κ3) is 3.63. The molecule has 0 spiro atoms. The molecule has 0 atom stereocenters. The lowest BCUT2D eigenvalue weighted by Gasteiger charge is -2.18. The first-order valence-electron chi connectivity index (χ1n) is 5.56. The number of amidine groups is 1. The topological polar surface area (TPSA) is 67.8 Å². The molecular formula is C12H17BrN2O2. The molecule has 0 aromatic heterocycles. The smallest absolute Gasteiger partial charge is 0.173 e. The lowest BCUT2D eigenvalue weighted by molar-refractivity contribution is 0.192. The van der Waals surface area contributed by atoms with Crippen LogP contribution in [0.5, 0.6) is 5.75 Å². The average molecular weight is 301 g/mol. The first-order valence-corrected chi connectivity index (χ1v) is 6.35. The Morgan fingerprint density at radius 1 is 1.47 bits per heavy atom. The van der Waals surface area contributed by atoms with Crippen LogP contribution < -0.4 is 10.5 Å². The lowest BCUT2D eigenvalue weighted by Crippen LogP contribution is -2.19. The number of ether oxygens (including phenoxy) is 1. The van der Waals surface area contributed by atoms with Gasteiger partial charge in [-0.2, -0.15) is 0 Å². The number of oxime groups is 1. The van der Waals surface area contributed by atoms with E-state index in [2.05, 4.69) is 34.9 Å². The van der Waals surface area contributed by atoms with E-state index in [1.165, 1.54) is 0 Å². The molecule has 0 aliphatic carbocycles. The molecule has 94 valence electrons. The maximum absolute atomic E-state index is 8.74. The standard InChI is InChI=1S/C12H17BrN2O2/c1-3-9(4-2)17-11-6-5-8(13)7-10(11)12(14)15-16/h5-7,9,16H,3-4H2,1-2H3,(H2,14,15). The van der Waals surface area contributed by atoms with Crippen molar-refractivity contribution in [3.63, 3.8) is 0 Å². The van der Waals surface area contributed by atoms with Crippen molar-refractivity contribution in [3.8, 4) is 5.75 Å². The van der Waals surface area contributed by atoms with E-state index in [1.54, 1.807) is 6.07 Å². The Hall–Kier alpha value is -1.23. The molecule has 4 nitrogen and oxygen atoms in total. The highest BCUT2D eigenvalue weighted by Crippen LogP contribution is 2.25. The van der Waals surface area contributed by atoms with Gasteiger partial charge in [-0.15, -0.1) is 0 Å². The van der Waals surface area contributed by atoms with Crippen LogP contribution in [-0.2, 0) is 0 Å². The van der Waals surface area contributed by atoms with Crippen LogP contribution in [0.3, 0.4) is 0 Å². The molecule has 0 aliphatic heterocycles. The van der Waals surface area contributed by atoms with Crippen molar-refractivity contribution < 1.29 is 9.94 Å². The van der Waals surface area contributed by atoms with Gasteiger partial charge in [0.1, 0.15) is 5.75 Å². The van der Waals surface area contributed by atoms with Crippen LogP contribution >= 0.6 is 15.9 Å². The molecule has 5 heteroatoms. The van der Waals surface area contributed by atoms with Crippen molar-refractivity contribution in [3.05, 3.63) is 28.2 Å². The highest BCUT2D eigenvalue weighted by atomic mass is 79.9. The van der Waals surface area contributed by atoms with Crippen LogP contribution in [0.2, 0.25) is 0 Å². The molecule has 0 unspecified atom stereocenters. The van der Waals surface area contributed by atoms with Crippen molar-refractivity contribution in [1.29, 1.82) is 0 Å². The highest BCUT2D eigenvalue weighted by Gasteiger charge is 2.12. The van der Waals surface area contributed by atoms with Gasteiger partial charge < -0.3 is 15.7 Å². The Morgan fingerprint density at radius 2 is 2.12 bits per heavy atom. The summed E-state index contributed by atoms with van der Waals surface area (Å²) in [5.41, 5.74) is 6.21. The molecule has 0 bridgehead atoms. The molecule has 1 aromatic rings. The van der Waals surface area contributed by atoms with Gasteiger partial charge in [-0.05, 0) is 31.0 Å². The number of hydrogen-bond acceptors (Lipinski definition) is 3. The monoisotopic (exact) mass is 300 g/mol. The zero-order valence-electron chi connectivity index (χ0n) is 9.98. The summed E-state index contributed by atoms with van der Waals surface area (Å²) in [5, 5.41) is 11.8. The van der Waals surface area contributed by atoms with E-state index in [-0.39, 0.29) is 11.9 Å². The largest absolute Gasteiger partial charge is 0.490 e. The van der Waals surface area contributed by atoms with E-state index >= 15 is 0 Å². The minimum absolute atomic E-state index is 0.0484. The molecule has 0 fully saturated rings. The summed E-state index contributed by atoms with van der Waals surface area (Å²) >= 11 is 3.35. The van der Waals surface area contributed by atoms with Crippen LogP contribution in [0.4, 0.5) is 0 Å². The maximum Gasteiger partial charge on any atom is 0.173 e. The molecule has 1 aromatic carbocycles. The van der Waals surface area contributed by atoms with Crippen molar-refractivity contribution in [2.24, 2.45) is 10.9 Å². The lowest BCUT2D eigenvalue weighted by atomic mass is 10.1. The van der Waals surface area contributed by atoms with Gasteiger partial charge in [0.25, 0.3) is 0 Å². The minimum Gasteiger partial charge on any atom is -0.490 e. The fourth-order valence-electron chi connectivity index (χ4n) is 1.49. The highest BCUT2D eigenvalue weighted by molar-refractivity contribution is 9.10. The van der Waals surface area contributed by atoms with Gasteiger partial charge in [0, 0.05) is 4.47 Å². The summed E-state index contributed by atoms with van der Waals surface area (Å²) in [4.78, 5) is 0. The first kappa shape index (κ1) is 13.8. The molecule has 1 rings (SSSR count). The molecule has 0 saturated carbocycles. The first-order chi connectivity index (χ1) is 8.12. The number of halogens is 1. The van der Waals surface area contributed by atoms with Gasteiger partial charge >= 0.3 is 0 Å². The van der Waals surface area contributed by atoms with Crippen molar-refractivity contribution >= 4 is 21.8 Å². The Bertz CT molecular complexity index is 403. The fraction of sp³-hybridized carbons (Fsp3) is 0.417. The van der Waals surface area contributed by atoms with Gasteiger partial charge in [-0.25, -0.2) is 0 Å². The molecule has 0 aliphatic rings. The second kappa shape index (κ2) is 6.49. The van der Waals surface area contributed by atoms with E-state index in [0.717, 1.165) is 17.3 Å². The van der Waals surface area contributed by atoms with Crippen molar-refractivity contribution in [2.45, 2.75) is 32.8 Å². The molecule has 0 amide bonds. The number of benzene rings is 1. The Kier molecular flexibility index (Phi) is 5.28. The van der Waals surface area contributed by atoms with Crippen LogP contribution in [0.15, 0.2) is 27.8 Å². The fourth-order valence-corrected chi connectivity index (χ4v) is 1.85. The number of hydrogen-bond donors (Lipinski definition) is 2. The third-order valence-electron chi connectivity index (χ3n) is 2.53. The quantitative estimate of drug-likeness (QED) is 0.380. The van der Waals surface area contributed by atoms with E-state index in [1.807, 2.05) is 12.1 Å². The Morgan fingerprint density at radius 3 is 2.65 bits per heavy atom. The molecule has 0 radical (unpaired) electrons. The van der Waals surface area contributed by atoms with E-state index in [0.29, 0.717) is 11.3 Å². The summed E-state index contributed by atoms with van der Waals surface area (Å²) in [6.07, 6.45) is 1.98. The second-order valence-corrected chi connectivity index (χ2v) is 4.60. The predicted molar refractivity (Wildman–Crippen MR) is 71.7 cm³/mol. The Labute approximate surface area is 110 Å². The minimum atomic E-state index is 0.0484. The predicted octanol–water partition coefficient (Wildman–Crippen LogP) is 3.11. The van der Waals surface area contributed by atoms with Crippen LogP contribution in [0, 0.1) is 0 Å². The molecular weight excluding hydrogens is 284 g/mol. The van der Waals surface area contributed by atoms with Gasteiger partial charge in [0.15, 0.2) is 5.84 Å². The van der Waals surface area contributed by atoms with Crippen LogP contribution in [0.1, 0.15) is 32.3 Å². The normalized spacial score (nSPS) is 11.9.